The normalized spacial score (nSPS) is 10.3. The van der Waals surface area contributed by atoms with Gasteiger partial charge in [0.15, 0.2) is 5.82 Å². The highest BCUT2D eigenvalue weighted by Gasteiger charge is 2.22. The molecule has 0 radical (unpaired) electrons. The number of nitrogens with one attached hydrogen (secondary N) is 2. The molecule has 0 aromatic carbocycles. The van der Waals surface area contributed by atoms with E-state index in [1.807, 2.05) is 0 Å². The third-order valence-electron chi connectivity index (χ3n) is 2.87. The topological polar surface area (TPSA) is 95.1 Å². The van der Waals surface area contributed by atoms with Crippen LogP contribution in [0, 0.1) is 13.8 Å². The number of aryl methyl sites for hydroxylation is 1. The van der Waals surface area contributed by atoms with Gasteiger partial charge in [-0.15, -0.1) is 0 Å². The number of rotatable bonds is 3. The molecule has 0 aliphatic carbocycles. The number of aromatic carboxylic acids is 1. The van der Waals surface area contributed by atoms with Crippen LogP contribution in [0.5, 0.6) is 0 Å². The van der Waals surface area contributed by atoms with Gasteiger partial charge >= 0.3 is 5.97 Å². The van der Waals surface area contributed by atoms with Crippen LogP contribution in [0.15, 0.2) is 18.3 Å². The molecule has 0 bridgehead atoms. The Morgan fingerprint density at radius 3 is 2.65 bits per heavy atom. The monoisotopic (exact) mass is 293 g/mol. The summed E-state index contributed by atoms with van der Waals surface area (Å²) in [5, 5.41) is 11.9. The number of hydrogen-bond donors (Lipinski definition) is 3. The number of amides is 1. The second-order valence-electron chi connectivity index (χ2n) is 4.22. The third kappa shape index (κ3) is 2.50. The fourth-order valence-corrected chi connectivity index (χ4v) is 2.12. The lowest BCUT2D eigenvalue weighted by molar-refractivity contribution is 0.0690. The van der Waals surface area contributed by atoms with Gasteiger partial charge in [0, 0.05) is 11.9 Å². The molecule has 6 nitrogen and oxygen atoms in total. The molecule has 0 saturated carbocycles. The van der Waals surface area contributed by atoms with Crippen LogP contribution in [-0.4, -0.2) is 27.0 Å². The van der Waals surface area contributed by atoms with Crippen LogP contribution in [-0.2, 0) is 0 Å². The number of nitrogens with zero attached hydrogens (tertiary/aromatic N) is 1. The molecule has 2 aromatic heterocycles. The summed E-state index contributed by atoms with van der Waals surface area (Å²) in [6.07, 6.45) is 1.50. The number of carboxylic acids is 1. The van der Waals surface area contributed by atoms with Crippen molar-refractivity contribution in [2.75, 3.05) is 5.32 Å². The molecule has 0 aliphatic heterocycles. The van der Waals surface area contributed by atoms with Crippen molar-refractivity contribution in [1.29, 1.82) is 0 Å². The molecule has 2 aromatic rings. The highest BCUT2D eigenvalue weighted by atomic mass is 35.5. The number of pyridine rings is 1. The van der Waals surface area contributed by atoms with E-state index in [-0.39, 0.29) is 17.1 Å². The SMILES string of the molecule is Cc1[nH]c(C(=O)O)c(C)c1C(=O)Nc1ncccc1Cl. The third-order valence-corrected chi connectivity index (χ3v) is 3.17. The maximum atomic E-state index is 12.2. The van der Waals surface area contributed by atoms with Crippen LogP contribution in [0.4, 0.5) is 5.82 Å². The van der Waals surface area contributed by atoms with Crippen LogP contribution in [0.1, 0.15) is 32.1 Å². The first-order chi connectivity index (χ1) is 9.41. The number of aromatic amines is 1. The van der Waals surface area contributed by atoms with E-state index in [4.69, 9.17) is 16.7 Å². The average molecular weight is 294 g/mol. The van der Waals surface area contributed by atoms with E-state index in [1.165, 1.54) is 6.20 Å². The molecular weight excluding hydrogens is 282 g/mol. The van der Waals surface area contributed by atoms with Crippen molar-refractivity contribution in [3.05, 3.63) is 45.9 Å². The Hall–Kier alpha value is -2.34. The average Bonchev–Trinajstić information content (AvgIpc) is 2.68. The van der Waals surface area contributed by atoms with E-state index < -0.39 is 11.9 Å². The lowest BCUT2D eigenvalue weighted by atomic mass is 10.1. The first-order valence-electron chi connectivity index (χ1n) is 5.76. The van der Waals surface area contributed by atoms with Gasteiger partial charge in [-0.05, 0) is 31.5 Å². The van der Waals surface area contributed by atoms with Crippen molar-refractivity contribution >= 4 is 29.3 Å². The molecule has 0 fully saturated rings. The summed E-state index contributed by atoms with van der Waals surface area (Å²) in [6, 6.07) is 3.25. The van der Waals surface area contributed by atoms with Gasteiger partial charge in [0.2, 0.25) is 0 Å². The molecule has 0 aliphatic rings. The molecule has 7 heteroatoms. The predicted molar refractivity (Wildman–Crippen MR) is 74.4 cm³/mol. The maximum Gasteiger partial charge on any atom is 0.352 e. The number of H-pyrrole nitrogens is 1. The van der Waals surface area contributed by atoms with Gasteiger partial charge in [0.25, 0.3) is 5.91 Å². The first kappa shape index (κ1) is 14.1. The molecule has 2 heterocycles. The molecular formula is C13H12ClN3O3. The fraction of sp³-hybridized carbons (Fsp3) is 0.154. The summed E-state index contributed by atoms with van der Waals surface area (Å²) in [7, 11) is 0. The quantitative estimate of drug-likeness (QED) is 0.810. The summed E-state index contributed by atoms with van der Waals surface area (Å²) in [4.78, 5) is 29.9. The minimum absolute atomic E-state index is 0.000215. The Bertz CT molecular complexity index is 694. The molecule has 104 valence electrons. The van der Waals surface area contributed by atoms with E-state index in [0.717, 1.165) is 0 Å². The van der Waals surface area contributed by atoms with Crippen LogP contribution in [0.3, 0.4) is 0 Å². The van der Waals surface area contributed by atoms with E-state index in [0.29, 0.717) is 16.3 Å². The van der Waals surface area contributed by atoms with E-state index in [2.05, 4.69) is 15.3 Å². The van der Waals surface area contributed by atoms with E-state index >= 15 is 0 Å². The summed E-state index contributed by atoms with van der Waals surface area (Å²) in [5.74, 6) is -1.33. The summed E-state index contributed by atoms with van der Waals surface area (Å²) in [5.41, 5.74) is 1.13. The fourth-order valence-electron chi connectivity index (χ4n) is 1.95. The van der Waals surface area contributed by atoms with Crippen LogP contribution >= 0.6 is 11.6 Å². The minimum Gasteiger partial charge on any atom is -0.477 e. The van der Waals surface area contributed by atoms with Crippen LogP contribution in [0.2, 0.25) is 5.02 Å². The molecule has 3 N–H and O–H groups in total. The van der Waals surface area contributed by atoms with Crippen LogP contribution < -0.4 is 5.32 Å². The molecule has 0 unspecified atom stereocenters. The Morgan fingerprint density at radius 2 is 2.10 bits per heavy atom. The van der Waals surface area contributed by atoms with Crippen molar-refractivity contribution < 1.29 is 14.7 Å². The van der Waals surface area contributed by atoms with Crippen molar-refractivity contribution in [2.24, 2.45) is 0 Å². The van der Waals surface area contributed by atoms with Gasteiger partial charge in [0.1, 0.15) is 5.69 Å². The number of carbonyl (C=O) groups excluding carboxylic acids is 1. The minimum atomic E-state index is -1.11. The Labute approximate surface area is 119 Å². The Kier molecular flexibility index (Phi) is 3.76. The summed E-state index contributed by atoms with van der Waals surface area (Å²) in [6.45, 7) is 3.20. The second kappa shape index (κ2) is 5.34. The highest BCUT2D eigenvalue weighted by molar-refractivity contribution is 6.33. The van der Waals surface area contributed by atoms with Crippen molar-refractivity contribution in [3.8, 4) is 0 Å². The lowest BCUT2D eigenvalue weighted by Crippen LogP contribution is -2.15. The Balaban J connectivity index is 2.35. The number of aromatic nitrogens is 2. The van der Waals surface area contributed by atoms with Crippen LogP contribution in [0.25, 0.3) is 0 Å². The maximum absolute atomic E-state index is 12.2. The molecule has 1 amide bonds. The van der Waals surface area contributed by atoms with E-state index in [1.54, 1.807) is 26.0 Å². The number of carbonyl (C=O) groups is 2. The first-order valence-corrected chi connectivity index (χ1v) is 6.14. The van der Waals surface area contributed by atoms with Gasteiger partial charge in [0.05, 0.1) is 10.6 Å². The van der Waals surface area contributed by atoms with Crippen molar-refractivity contribution in [1.82, 2.24) is 9.97 Å². The zero-order chi connectivity index (χ0) is 14.9. The number of hydrogen-bond acceptors (Lipinski definition) is 3. The largest absolute Gasteiger partial charge is 0.477 e. The van der Waals surface area contributed by atoms with E-state index in [9.17, 15) is 9.59 Å². The predicted octanol–water partition coefficient (Wildman–Crippen LogP) is 2.63. The standard InChI is InChI=1S/C13H12ClN3O3/c1-6-9(7(2)16-10(6)13(19)20)12(18)17-11-8(14)4-3-5-15-11/h3-5,16H,1-2H3,(H,19,20)(H,15,17,18). The zero-order valence-electron chi connectivity index (χ0n) is 10.8. The number of anilines is 1. The van der Waals surface area contributed by atoms with Crippen molar-refractivity contribution in [3.63, 3.8) is 0 Å². The van der Waals surface area contributed by atoms with Gasteiger partial charge in [-0.1, -0.05) is 11.6 Å². The molecule has 2 rings (SSSR count). The summed E-state index contributed by atoms with van der Waals surface area (Å²) >= 11 is 5.91. The lowest BCUT2D eigenvalue weighted by Gasteiger charge is -2.06. The molecule has 20 heavy (non-hydrogen) atoms. The van der Waals surface area contributed by atoms with Crippen molar-refractivity contribution in [2.45, 2.75) is 13.8 Å². The van der Waals surface area contributed by atoms with Gasteiger partial charge in [-0.25, -0.2) is 9.78 Å². The molecule has 0 spiro atoms. The zero-order valence-corrected chi connectivity index (χ0v) is 11.6. The smallest absolute Gasteiger partial charge is 0.352 e. The number of carboxylic acid groups (broad SMARTS) is 1. The second-order valence-corrected chi connectivity index (χ2v) is 4.63. The summed E-state index contributed by atoms with van der Waals surface area (Å²) < 4.78 is 0. The van der Waals surface area contributed by atoms with Gasteiger partial charge < -0.3 is 15.4 Å². The highest BCUT2D eigenvalue weighted by Crippen LogP contribution is 2.22. The van der Waals surface area contributed by atoms with Gasteiger partial charge in [-0.2, -0.15) is 0 Å². The Morgan fingerprint density at radius 1 is 1.40 bits per heavy atom. The number of halogens is 1. The van der Waals surface area contributed by atoms with Gasteiger partial charge in [-0.3, -0.25) is 4.79 Å². The molecule has 0 saturated heterocycles. The molecule has 0 atom stereocenters.